The van der Waals surface area contributed by atoms with Crippen LogP contribution in [0, 0.1) is 5.92 Å². The number of rotatable bonds is 0. The number of hydrogen-bond donors (Lipinski definition) is 1. The molecule has 0 aliphatic heterocycles. The van der Waals surface area contributed by atoms with Crippen molar-refractivity contribution in [2.45, 2.75) is 45.1 Å². The highest BCUT2D eigenvalue weighted by atomic mass is 14.6. The fourth-order valence-electron chi connectivity index (χ4n) is 1.55. The molecule has 0 aromatic heterocycles. The summed E-state index contributed by atoms with van der Waals surface area (Å²) in [5.41, 5.74) is 5.97. The van der Waals surface area contributed by atoms with Gasteiger partial charge in [0.2, 0.25) is 0 Å². The van der Waals surface area contributed by atoms with Crippen LogP contribution in [0.25, 0.3) is 0 Å². The second-order valence-corrected chi connectivity index (χ2v) is 3.63. The molecule has 0 heterocycles. The van der Waals surface area contributed by atoms with Crippen molar-refractivity contribution >= 4 is 0 Å². The van der Waals surface area contributed by atoms with Crippen LogP contribution in [0.4, 0.5) is 0 Å². The molecule has 0 spiro atoms. The minimum absolute atomic E-state index is 0.393. The Hall–Kier alpha value is -0.300. The van der Waals surface area contributed by atoms with E-state index in [1.165, 1.54) is 25.7 Å². The molecule has 2 unspecified atom stereocenters. The maximum absolute atomic E-state index is 5.97. The van der Waals surface area contributed by atoms with Gasteiger partial charge in [-0.3, -0.25) is 0 Å². The average molecular weight is 153 g/mol. The maximum Gasteiger partial charge on any atom is 0.00992 e. The number of hydrogen-bond acceptors (Lipinski definition) is 1. The van der Waals surface area contributed by atoms with Gasteiger partial charge in [-0.05, 0) is 31.6 Å². The monoisotopic (exact) mass is 153 g/mol. The molecule has 0 fully saturated rings. The Morgan fingerprint density at radius 1 is 1.27 bits per heavy atom. The quantitative estimate of drug-likeness (QED) is 0.531. The van der Waals surface area contributed by atoms with E-state index >= 15 is 0 Å². The van der Waals surface area contributed by atoms with Crippen LogP contribution in [0.2, 0.25) is 0 Å². The van der Waals surface area contributed by atoms with E-state index in [0.29, 0.717) is 12.0 Å². The summed E-state index contributed by atoms with van der Waals surface area (Å²) in [5.74, 6) is 0.706. The highest BCUT2D eigenvalue weighted by Crippen LogP contribution is 2.16. The molecular weight excluding hydrogens is 134 g/mol. The van der Waals surface area contributed by atoms with E-state index in [1.807, 2.05) is 0 Å². The van der Waals surface area contributed by atoms with Crippen LogP contribution in [0.3, 0.4) is 0 Å². The van der Waals surface area contributed by atoms with Crippen molar-refractivity contribution in [3.63, 3.8) is 0 Å². The fourth-order valence-corrected chi connectivity index (χ4v) is 1.55. The molecule has 1 aliphatic carbocycles. The van der Waals surface area contributed by atoms with Crippen LogP contribution in [-0.4, -0.2) is 6.04 Å². The summed E-state index contributed by atoms with van der Waals surface area (Å²) in [6.45, 7) is 2.27. The minimum Gasteiger partial charge on any atom is -0.327 e. The second-order valence-electron chi connectivity index (χ2n) is 3.63. The van der Waals surface area contributed by atoms with Crippen LogP contribution in [-0.2, 0) is 0 Å². The lowest BCUT2D eigenvalue weighted by Gasteiger charge is -2.16. The number of allylic oxidation sites excluding steroid dienone is 1. The van der Waals surface area contributed by atoms with Crippen molar-refractivity contribution in [3.05, 3.63) is 12.2 Å². The Morgan fingerprint density at radius 2 is 2.09 bits per heavy atom. The molecule has 2 N–H and O–H groups in total. The third-order valence-corrected chi connectivity index (χ3v) is 2.59. The normalized spacial score (nSPS) is 36.9. The summed E-state index contributed by atoms with van der Waals surface area (Å²) < 4.78 is 0. The molecule has 0 saturated heterocycles. The van der Waals surface area contributed by atoms with Gasteiger partial charge in [0.05, 0.1) is 0 Å². The zero-order chi connectivity index (χ0) is 8.10. The van der Waals surface area contributed by atoms with Gasteiger partial charge in [-0.1, -0.05) is 25.5 Å². The van der Waals surface area contributed by atoms with E-state index in [-0.39, 0.29) is 0 Å². The number of nitrogens with two attached hydrogens (primary N) is 1. The van der Waals surface area contributed by atoms with Gasteiger partial charge in [-0.2, -0.15) is 0 Å². The summed E-state index contributed by atoms with van der Waals surface area (Å²) in [6.07, 6.45) is 10.8. The first-order valence-corrected chi connectivity index (χ1v) is 4.71. The molecule has 1 nitrogen and oxygen atoms in total. The lowest BCUT2D eigenvalue weighted by molar-refractivity contribution is 0.416. The average Bonchev–Trinajstić information content (AvgIpc) is 2.07. The van der Waals surface area contributed by atoms with Gasteiger partial charge in [0.25, 0.3) is 0 Å². The highest BCUT2D eigenvalue weighted by molar-refractivity contribution is 4.88. The Balaban J connectivity index is 2.40. The lowest BCUT2D eigenvalue weighted by atomic mass is 9.95. The van der Waals surface area contributed by atoms with Gasteiger partial charge in [0.15, 0.2) is 0 Å². The zero-order valence-corrected chi connectivity index (χ0v) is 7.42. The van der Waals surface area contributed by atoms with E-state index in [1.54, 1.807) is 0 Å². The molecule has 64 valence electrons. The van der Waals surface area contributed by atoms with Gasteiger partial charge in [-0.25, -0.2) is 0 Å². The molecule has 0 radical (unpaired) electrons. The second kappa shape index (κ2) is 4.55. The molecular formula is C10H19N. The van der Waals surface area contributed by atoms with Gasteiger partial charge >= 0.3 is 0 Å². The van der Waals surface area contributed by atoms with Gasteiger partial charge in [0, 0.05) is 6.04 Å². The molecule has 1 heteroatoms. The predicted octanol–water partition coefficient (Wildman–Crippen LogP) is 2.47. The molecule has 0 aromatic carbocycles. The van der Waals surface area contributed by atoms with Gasteiger partial charge in [-0.15, -0.1) is 0 Å². The highest BCUT2D eigenvalue weighted by Gasteiger charge is 2.11. The molecule has 0 saturated carbocycles. The first-order valence-electron chi connectivity index (χ1n) is 4.71. The van der Waals surface area contributed by atoms with Crippen molar-refractivity contribution in [1.82, 2.24) is 0 Å². The van der Waals surface area contributed by atoms with Crippen LogP contribution >= 0.6 is 0 Å². The Morgan fingerprint density at radius 3 is 2.91 bits per heavy atom. The Kier molecular flexibility index (Phi) is 3.64. The zero-order valence-electron chi connectivity index (χ0n) is 7.42. The summed E-state index contributed by atoms with van der Waals surface area (Å²) in [5, 5.41) is 0. The minimum atomic E-state index is 0.393. The van der Waals surface area contributed by atoms with E-state index in [2.05, 4.69) is 19.1 Å². The molecule has 11 heavy (non-hydrogen) atoms. The first kappa shape index (κ1) is 8.79. The first-order chi connectivity index (χ1) is 5.30. The van der Waals surface area contributed by atoms with Gasteiger partial charge in [0.1, 0.15) is 0 Å². The standard InChI is InChI=1S/C10H19N/c1-9-7-5-3-2-4-6-8-10(9)11/h4,6,9-10H,2-3,5,7-8,11H2,1H3/b6-4-. The van der Waals surface area contributed by atoms with E-state index in [4.69, 9.17) is 5.73 Å². The predicted molar refractivity (Wildman–Crippen MR) is 49.4 cm³/mol. The SMILES string of the molecule is CC1CCCC/C=C\CC1N. The van der Waals surface area contributed by atoms with Crippen molar-refractivity contribution in [2.24, 2.45) is 11.7 Å². The third kappa shape index (κ3) is 3.06. The summed E-state index contributed by atoms with van der Waals surface area (Å²) in [4.78, 5) is 0. The topological polar surface area (TPSA) is 26.0 Å². The molecule has 0 amide bonds. The lowest BCUT2D eigenvalue weighted by Crippen LogP contribution is -2.27. The Bertz CT molecular complexity index is 129. The van der Waals surface area contributed by atoms with Crippen molar-refractivity contribution in [1.29, 1.82) is 0 Å². The van der Waals surface area contributed by atoms with Crippen LogP contribution in [0.15, 0.2) is 12.2 Å². The van der Waals surface area contributed by atoms with E-state index in [0.717, 1.165) is 6.42 Å². The largest absolute Gasteiger partial charge is 0.327 e. The van der Waals surface area contributed by atoms with E-state index < -0.39 is 0 Å². The van der Waals surface area contributed by atoms with Gasteiger partial charge < -0.3 is 5.73 Å². The van der Waals surface area contributed by atoms with E-state index in [9.17, 15) is 0 Å². The fraction of sp³-hybridized carbons (Fsp3) is 0.800. The summed E-state index contributed by atoms with van der Waals surface area (Å²) in [6, 6.07) is 0.393. The van der Waals surface area contributed by atoms with Crippen molar-refractivity contribution < 1.29 is 0 Å². The Labute approximate surface area is 69.7 Å². The van der Waals surface area contributed by atoms with Crippen molar-refractivity contribution in [2.75, 3.05) is 0 Å². The van der Waals surface area contributed by atoms with Crippen LogP contribution < -0.4 is 5.73 Å². The third-order valence-electron chi connectivity index (χ3n) is 2.59. The summed E-state index contributed by atoms with van der Waals surface area (Å²) in [7, 11) is 0. The van der Waals surface area contributed by atoms with Crippen molar-refractivity contribution in [3.8, 4) is 0 Å². The molecule has 1 rings (SSSR count). The summed E-state index contributed by atoms with van der Waals surface area (Å²) >= 11 is 0. The van der Waals surface area contributed by atoms with Crippen LogP contribution in [0.5, 0.6) is 0 Å². The maximum atomic E-state index is 5.97. The molecule has 0 aromatic rings. The smallest absolute Gasteiger partial charge is 0.00992 e. The molecule has 1 aliphatic rings. The molecule has 2 atom stereocenters. The molecule has 0 bridgehead atoms. The van der Waals surface area contributed by atoms with Crippen LogP contribution in [0.1, 0.15) is 39.0 Å².